The van der Waals surface area contributed by atoms with Crippen molar-refractivity contribution in [3.05, 3.63) is 61.3 Å². The zero-order valence-corrected chi connectivity index (χ0v) is 15.0. The Morgan fingerprint density at radius 3 is 2.81 bits per heavy atom. The summed E-state index contributed by atoms with van der Waals surface area (Å²) in [6.07, 6.45) is 7.00. The number of aromatic nitrogens is 5. The largest absolute Gasteiger partial charge is 0.378 e. The van der Waals surface area contributed by atoms with Crippen molar-refractivity contribution in [2.75, 3.05) is 24.3 Å². The minimum atomic E-state index is 0.752. The lowest BCUT2D eigenvalue weighted by Gasteiger charge is -2.15. The number of hydrogen-bond donors (Lipinski definition) is 1. The average Bonchev–Trinajstić information content (AvgIpc) is 3.08. The first-order valence-electron chi connectivity index (χ1n) is 8.61. The molecule has 132 valence electrons. The summed E-state index contributed by atoms with van der Waals surface area (Å²) in [7, 11) is 4.05. The molecule has 0 aliphatic heterocycles. The second kappa shape index (κ2) is 5.91. The molecule has 7 heteroatoms. The van der Waals surface area contributed by atoms with Crippen molar-refractivity contribution in [3.8, 4) is 0 Å². The second-order valence-electron chi connectivity index (χ2n) is 6.56. The van der Waals surface area contributed by atoms with Gasteiger partial charge in [0, 0.05) is 43.3 Å². The molecule has 1 aromatic carbocycles. The van der Waals surface area contributed by atoms with Crippen LogP contribution in [0.4, 0.5) is 17.2 Å². The van der Waals surface area contributed by atoms with Crippen LogP contribution in [0.25, 0.3) is 27.3 Å². The van der Waals surface area contributed by atoms with Crippen molar-refractivity contribution >= 4 is 44.5 Å². The summed E-state index contributed by atoms with van der Waals surface area (Å²) >= 11 is 0. The van der Waals surface area contributed by atoms with Gasteiger partial charge >= 0.3 is 0 Å². The Labute approximate surface area is 155 Å². The van der Waals surface area contributed by atoms with Crippen LogP contribution in [0.1, 0.15) is 0 Å². The summed E-state index contributed by atoms with van der Waals surface area (Å²) in [5.41, 5.74) is 4.71. The smallest absolute Gasteiger partial charge is 0.142 e. The average molecular weight is 355 g/mol. The lowest BCUT2D eigenvalue weighted by molar-refractivity contribution is 0.939. The lowest BCUT2D eigenvalue weighted by Crippen LogP contribution is -2.08. The Balaban J connectivity index is 1.78. The highest BCUT2D eigenvalue weighted by Gasteiger charge is 2.15. The van der Waals surface area contributed by atoms with Crippen molar-refractivity contribution in [1.82, 2.24) is 24.6 Å². The number of benzene rings is 1. The van der Waals surface area contributed by atoms with Gasteiger partial charge in [-0.05, 0) is 30.3 Å². The maximum absolute atomic E-state index is 4.83. The fraction of sp³-hybridized carbons (Fsp3) is 0.100. The van der Waals surface area contributed by atoms with E-state index in [9.17, 15) is 0 Å². The van der Waals surface area contributed by atoms with E-state index in [1.807, 2.05) is 38.4 Å². The van der Waals surface area contributed by atoms with E-state index >= 15 is 0 Å². The third-order valence-electron chi connectivity index (χ3n) is 4.59. The molecule has 5 rings (SSSR count). The Kier molecular flexibility index (Phi) is 3.39. The van der Waals surface area contributed by atoms with Crippen LogP contribution < -0.4 is 10.2 Å². The zero-order valence-electron chi connectivity index (χ0n) is 15.0. The number of nitrogens with zero attached hydrogens (tertiary/aromatic N) is 6. The molecule has 0 atom stereocenters. The zero-order chi connectivity index (χ0) is 18.4. The number of hydrogen-bond acceptors (Lipinski definition) is 6. The summed E-state index contributed by atoms with van der Waals surface area (Å²) in [5.74, 6) is 0.752. The molecule has 0 saturated carbocycles. The minimum absolute atomic E-state index is 0.752. The molecule has 0 bridgehead atoms. The topological polar surface area (TPSA) is 71.2 Å². The van der Waals surface area contributed by atoms with Crippen molar-refractivity contribution in [3.63, 3.8) is 0 Å². The third kappa shape index (κ3) is 2.52. The Morgan fingerprint density at radius 2 is 1.93 bits per heavy atom. The number of rotatable bonds is 3. The van der Waals surface area contributed by atoms with Crippen LogP contribution >= 0.6 is 0 Å². The predicted octanol–water partition coefficient (Wildman–Crippen LogP) is 3.64. The Morgan fingerprint density at radius 1 is 1.04 bits per heavy atom. The molecule has 0 fully saturated rings. The molecule has 4 heterocycles. The molecule has 0 aliphatic carbocycles. The predicted molar refractivity (Wildman–Crippen MR) is 108 cm³/mol. The van der Waals surface area contributed by atoms with Gasteiger partial charge in [-0.15, -0.1) is 0 Å². The fourth-order valence-electron chi connectivity index (χ4n) is 3.27. The van der Waals surface area contributed by atoms with Gasteiger partial charge in [0.2, 0.25) is 0 Å². The summed E-state index contributed by atoms with van der Waals surface area (Å²) in [6, 6.07) is 12.1. The molecule has 1 N–H and O–H groups in total. The van der Waals surface area contributed by atoms with Gasteiger partial charge in [-0.25, -0.2) is 14.5 Å². The van der Waals surface area contributed by atoms with Gasteiger partial charge in [-0.3, -0.25) is 4.98 Å². The highest BCUT2D eigenvalue weighted by molar-refractivity contribution is 6.14. The van der Waals surface area contributed by atoms with E-state index in [1.165, 1.54) is 0 Å². The van der Waals surface area contributed by atoms with Gasteiger partial charge in [0.1, 0.15) is 17.7 Å². The Bertz CT molecular complexity index is 1290. The van der Waals surface area contributed by atoms with Crippen LogP contribution in [0, 0.1) is 0 Å². The highest BCUT2D eigenvalue weighted by Crippen LogP contribution is 2.33. The number of fused-ring (bicyclic) bond motifs is 5. The summed E-state index contributed by atoms with van der Waals surface area (Å²) < 4.78 is 1.79. The van der Waals surface area contributed by atoms with E-state index in [2.05, 4.69) is 32.3 Å². The van der Waals surface area contributed by atoms with Gasteiger partial charge in [0.15, 0.2) is 0 Å². The molecule has 4 aromatic heterocycles. The second-order valence-corrected chi connectivity index (χ2v) is 6.56. The lowest BCUT2D eigenvalue weighted by atomic mass is 10.1. The van der Waals surface area contributed by atoms with Crippen molar-refractivity contribution in [2.24, 2.45) is 0 Å². The standard InChI is InChI=1S/C20H17N7/c1-26(2)14-5-3-4-13(10-14)23-20-18-17-7-9-22-12-27(17)25-19(18)15-6-8-21-11-16(15)24-20/h3-12H,1-2H3,(H,23,24). The van der Waals surface area contributed by atoms with Crippen LogP contribution in [0.5, 0.6) is 0 Å². The van der Waals surface area contributed by atoms with E-state index in [0.29, 0.717) is 0 Å². The van der Waals surface area contributed by atoms with E-state index in [1.54, 1.807) is 29.4 Å². The van der Waals surface area contributed by atoms with Gasteiger partial charge in [0.25, 0.3) is 0 Å². The molecular formula is C20H17N7. The van der Waals surface area contributed by atoms with Gasteiger partial charge < -0.3 is 10.2 Å². The maximum Gasteiger partial charge on any atom is 0.142 e. The van der Waals surface area contributed by atoms with Crippen LogP contribution in [-0.4, -0.2) is 38.7 Å². The van der Waals surface area contributed by atoms with E-state index in [-0.39, 0.29) is 0 Å². The number of anilines is 3. The first-order valence-corrected chi connectivity index (χ1v) is 8.61. The molecule has 0 saturated heterocycles. The molecule has 0 radical (unpaired) electrons. The summed E-state index contributed by atoms with van der Waals surface area (Å²) in [6.45, 7) is 0. The highest BCUT2D eigenvalue weighted by atomic mass is 15.2. The maximum atomic E-state index is 4.83. The Hall–Kier alpha value is -3.74. The van der Waals surface area contributed by atoms with Crippen LogP contribution in [0.3, 0.4) is 0 Å². The molecule has 7 nitrogen and oxygen atoms in total. The fourth-order valence-corrected chi connectivity index (χ4v) is 3.27. The van der Waals surface area contributed by atoms with E-state index < -0.39 is 0 Å². The molecule has 0 unspecified atom stereocenters. The molecule has 27 heavy (non-hydrogen) atoms. The molecule has 0 spiro atoms. The molecule has 0 aliphatic rings. The van der Waals surface area contributed by atoms with Crippen molar-refractivity contribution < 1.29 is 0 Å². The van der Waals surface area contributed by atoms with E-state index in [4.69, 9.17) is 10.1 Å². The number of pyridine rings is 2. The molecule has 0 amide bonds. The summed E-state index contributed by atoms with van der Waals surface area (Å²) in [5, 5.41) is 10.1. The van der Waals surface area contributed by atoms with Crippen molar-refractivity contribution in [1.29, 1.82) is 0 Å². The number of nitrogens with one attached hydrogen (secondary N) is 1. The third-order valence-corrected chi connectivity index (χ3v) is 4.59. The SMILES string of the molecule is CN(C)c1cccc(Nc2nc3cnccc3c3nn4cnccc4c23)c1. The monoisotopic (exact) mass is 355 g/mol. The van der Waals surface area contributed by atoms with Crippen LogP contribution in [0.2, 0.25) is 0 Å². The van der Waals surface area contributed by atoms with Crippen LogP contribution in [0.15, 0.2) is 61.3 Å². The minimum Gasteiger partial charge on any atom is -0.378 e. The molecular weight excluding hydrogens is 338 g/mol. The van der Waals surface area contributed by atoms with Crippen molar-refractivity contribution in [2.45, 2.75) is 0 Å². The van der Waals surface area contributed by atoms with E-state index in [0.717, 1.165) is 44.5 Å². The quantitative estimate of drug-likeness (QED) is 0.533. The van der Waals surface area contributed by atoms with Crippen LogP contribution in [-0.2, 0) is 0 Å². The van der Waals surface area contributed by atoms with Gasteiger partial charge in [0.05, 0.1) is 22.6 Å². The first-order chi connectivity index (χ1) is 13.2. The summed E-state index contributed by atoms with van der Waals surface area (Å²) in [4.78, 5) is 15.3. The first kappa shape index (κ1) is 15.5. The normalized spacial score (nSPS) is 11.3. The van der Waals surface area contributed by atoms with Gasteiger partial charge in [-0.1, -0.05) is 6.07 Å². The molecule has 5 aromatic rings. The van der Waals surface area contributed by atoms with Gasteiger partial charge in [-0.2, -0.15) is 5.10 Å².